The third-order valence-corrected chi connectivity index (χ3v) is 7.03. The van der Waals surface area contributed by atoms with Crippen LogP contribution in [-0.4, -0.2) is 43.0 Å². The Kier molecular flexibility index (Phi) is 4.16. The molecule has 2 aromatic rings. The number of sulfonamides is 1. The minimum atomic E-state index is -4.29. The number of amides is 1. The number of Topliss-reactive ketones (excluding diaryl/α,β-unsaturated/α-hetero) is 1. The molecule has 7 nitrogen and oxygen atoms in total. The Balaban J connectivity index is 1.78. The third kappa shape index (κ3) is 3.03. The number of carbonyl (C=O) groups excluding carboxylic acids is 2. The maximum absolute atomic E-state index is 13.2. The highest BCUT2D eigenvalue weighted by Crippen LogP contribution is 2.43. The third-order valence-electron chi connectivity index (χ3n) is 4.96. The molecule has 1 saturated heterocycles. The van der Waals surface area contributed by atoms with E-state index in [0.29, 0.717) is 9.87 Å². The molecule has 2 aliphatic heterocycles. The lowest BCUT2D eigenvalue weighted by Gasteiger charge is -2.15. The van der Waals surface area contributed by atoms with Gasteiger partial charge in [-0.1, -0.05) is 29.8 Å². The van der Waals surface area contributed by atoms with Crippen LogP contribution in [0.25, 0.3) is 0 Å². The maximum atomic E-state index is 13.2. The van der Waals surface area contributed by atoms with E-state index >= 15 is 0 Å². The summed E-state index contributed by atoms with van der Waals surface area (Å²) >= 11 is 0. The number of benzene rings is 2. The first-order valence-corrected chi connectivity index (χ1v) is 10.0. The Morgan fingerprint density at radius 3 is 2.34 bits per heavy atom. The van der Waals surface area contributed by atoms with Gasteiger partial charge >= 0.3 is 6.29 Å². The summed E-state index contributed by atoms with van der Waals surface area (Å²) in [5.41, 5.74) is 1.09. The van der Waals surface area contributed by atoms with Crippen LogP contribution in [-0.2, 0) is 14.8 Å². The summed E-state index contributed by atoms with van der Waals surface area (Å²) in [6.45, 7) is 1.83. The number of hydrogen-bond acceptors (Lipinski definition) is 6. The Hall–Kier alpha value is -3.01. The van der Waals surface area contributed by atoms with E-state index in [9.17, 15) is 26.8 Å². The molecule has 0 aromatic heterocycles. The van der Waals surface area contributed by atoms with Crippen LogP contribution in [0.1, 0.15) is 27.4 Å². The Morgan fingerprint density at radius 1 is 1.07 bits per heavy atom. The zero-order valence-corrected chi connectivity index (χ0v) is 16.1. The molecule has 0 spiro atoms. The molecule has 0 aliphatic carbocycles. The highest BCUT2D eigenvalue weighted by Gasteiger charge is 2.55. The fraction of sp³-hybridized carbons (Fsp3) is 0.263. The fourth-order valence-electron chi connectivity index (χ4n) is 3.44. The first-order chi connectivity index (χ1) is 13.5. The van der Waals surface area contributed by atoms with Crippen LogP contribution >= 0.6 is 0 Å². The second-order valence-electron chi connectivity index (χ2n) is 6.85. The average molecular weight is 423 g/mol. The fourth-order valence-corrected chi connectivity index (χ4v) is 5.17. The van der Waals surface area contributed by atoms with E-state index in [2.05, 4.69) is 9.47 Å². The minimum absolute atomic E-state index is 0.182. The van der Waals surface area contributed by atoms with E-state index in [4.69, 9.17) is 0 Å². The number of nitrogens with zero attached hydrogens (tertiary/aromatic N) is 1. The summed E-state index contributed by atoms with van der Waals surface area (Å²) in [7, 11) is -3.20. The van der Waals surface area contributed by atoms with Crippen molar-refractivity contribution >= 4 is 21.7 Å². The maximum Gasteiger partial charge on any atom is 0.586 e. The van der Waals surface area contributed by atoms with Gasteiger partial charge in [-0.25, -0.2) is 12.7 Å². The number of rotatable bonds is 3. The number of fused-ring (bicyclic) bond motifs is 1. The highest BCUT2D eigenvalue weighted by atomic mass is 32.2. The van der Waals surface area contributed by atoms with Gasteiger partial charge in [0.05, 0.1) is 5.92 Å². The predicted octanol–water partition coefficient (Wildman–Crippen LogP) is 2.45. The summed E-state index contributed by atoms with van der Waals surface area (Å²) in [6, 6.07) is 9.84. The summed E-state index contributed by atoms with van der Waals surface area (Å²) in [4.78, 5) is 25.8. The number of hydrogen-bond donors (Lipinski definition) is 0. The zero-order valence-electron chi connectivity index (χ0n) is 15.3. The number of halogens is 2. The van der Waals surface area contributed by atoms with E-state index in [1.807, 2.05) is 6.92 Å². The van der Waals surface area contributed by atoms with E-state index < -0.39 is 39.2 Å². The largest absolute Gasteiger partial charge is 0.586 e. The first kappa shape index (κ1) is 19.3. The SMILES string of the molecule is Cc1ccc([C@@H]2C(=O)N(C)S(=O)(=O)[C@H]2C(=O)c2ccc3c(c2)OC(F)(F)O3)cc1. The number of carbonyl (C=O) groups is 2. The monoisotopic (exact) mass is 423 g/mol. The summed E-state index contributed by atoms with van der Waals surface area (Å²) < 4.78 is 61.3. The van der Waals surface area contributed by atoms with Gasteiger partial charge in [-0.2, -0.15) is 0 Å². The molecule has 2 aliphatic rings. The smallest absolute Gasteiger partial charge is 0.395 e. The molecule has 10 heteroatoms. The van der Waals surface area contributed by atoms with Crippen molar-refractivity contribution in [1.29, 1.82) is 0 Å². The Bertz CT molecular complexity index is 1130. The second kappa shape index (κ2) is 6.24. The van der Waals surface area contributed by atoms with Gasteiger partial charge in [-0.3, -0.25) is 9.59 Å². The van der Waals surface area contributed by atoms with Gasteiger partial charge in [-0.15, -0.1) is 8.78 Å². The molecule has 0 unspecified atom stereocenters. The van der Waals surface area contributed by atoms with Gasteiger partial charge in [0.25, 0.3) is 0 Å². The lowest BCUT2D eigenvalue weighted by molar-refractivity contribution is -0.286. The molecule has 1 amide bonds. The first-order valence-electron chi connectivity index (χ1n) is 8.53. The van der Waals surface area contributed by atoms with Gasteiger partial charge in [0, 0.05) is 12.6 Å². The molecule has 152 valence electrons. The average Bonchev–Trinajstić information content (AvgIpc) is 3.05. The molecular formula is C19H15F2NO6S. The summed E-state index contributed by atoms with van der Waals surface area (Å²) in [6.07, 6.45) is -3.87. The molecule has 0 N–H and O–H groups in total. The van der Waals surface area contributed by atoms with E-state index in [-0.39, 0.29) is 17.1 Å². The quantitative estimate of drug-likeness (QED) is 0.705. The second-order valence-corrected chi connectivity index (χ2v) is 8.94. The van der Waals surface area contributed by atoms with Crippen LogP contribution < -0.4 is 9.47 Å². The lowest BCUT2D eigenvalue weighted by atomic mass is 9.90. The van der Waals surface area contributed by atoms with Crippen molar-refractivity contribution in [3.63, 3.8) is 0 Å². The number of aryl methyl sites for hydroxylation is 1. The van der Waals surface area contributed by atoms with Crippen LogP contribution in [0.4, 0.5) is 8.78 Å². The molecule has 29 heavy (non-hydrogen) atoms. The molecule has 4 rings (SSSR count). The van der Waals surface area contributed by atoms with Crippen molar-refractivity contribution in [2.24, 2.45) is 0 Å². The Morgan fingerprint density at radius 2 is 1.69 bits per heavy atom. The van der Waals surface area contributed by atoms with Crippen molar-refractivity contribution in [3.8, 4) is 11.5 Å². The van der Waals surface area contributed by atoms with Crippen molar-refractivity contribution in [2.45, 2.75) is 24.4 Å². The molecular weight excluding hydrogens is 408 g/mol. The molecule has 2 aromatic carbocycles. The molecule has 1 fully saturated rings. The van der Waals surface area contributed by atoms with Crippen LogP contribution in [0.2, 0.25) is 0 Å². The van der Waals surface area contributed by atoms with Gasteiger partial charge in [-0.05, 0) is 30.7 Å². The van der Waals surface area contributed by atoms with Crippen LogP contribution in [0, 0.1) is 6.92 Å². The molecule has 2 heterocycles. The van der Waals surface area contributed by atoms with Gasteiger partial charge in [0.1, 0.15) is 0 Å². The normalized spacial score (nSPS) is 24.0. The van der Waals surface area contributed by atoms with Gasteiger partial charge < -0.3 is 9.47 Å². The molecule has 0 bridgehead atoms. The number of likely N-dealkylation sites (N-methyl/N-ethyl adjacent to an activating group) is 1. The van der Waals surface area contributed by atoms with E-state index in [1.54, 1.807) is 24.3 Å². The van der Waals surface area contributed by atoms with Gasteiger partial charge in [0.2, 0.25) is 15.9 Å². The number of ketones is 1. The van der Waals surface area contributed by atoms with E-state index in [0.717, 1.165) is 30.8 Å². The van der Waals surface area contributed by atoms with Crippen molar-refractivity contribution in [2.75, 3.05) is 7.05 Å². The van der Waals surface area contributed by atoms with Crippen molar-refractivity contribution in [3.05, 3.63) is 59.2 Å². The predicted molar refractivity (Wildman–Crippen MR) is 96.4 cm³/mol. The van der Waals surface area contributed by atoms with Crippen LogP contribution in [0.15, 0.2) is 42.5 Å². The topological polar surface area (TPSA) is 90.0 Å². The zero-order chi connectivity index (χ0) is 21.1. The minimum Gasteiger partial charge on any atom is -0.395 e. The molecule has 0 saturated carbocycles. The van der Waals surface area contributed by atoms with Crippen molar-refractivity contribution in [1.82, 2.24) is 4.31 Å². The number of alkyl halides is 2. The lowest BCUT2D eigenvalue weighted by Crippen LogP contribution is -2.33. The van der Waals surface area contributed by atoms with Gasteiger partial charge in [0.15, 0.2) is 22.5 Å². The molecule has 0 radical (unpaired) electrons. The van der Waals surface area contributed by atoms with E-state index in [1.165, 1.54) is 0 Å². The van der Waals surface area contributed by atoms with Crippen molar-refractivity contribution < 1.29 is 36.3 Å². The number of ether oxygens (including phenoxy) is 2. The Labute approximate surface area is 164 Å². The highest BCUT2D eigenvalue weighted by molar-refractivity contribution is 7.91. The summed E-state index contributed by atoms with van der Waals surface area (Å²) in [5, 5.41) is -1.72. The standard InChI is InChI=1S/C19H15F2NO6S/c1-10-3-5-11(6-4-10)15-17(29(25,26)22(2)18(15)24)16(23)12-7-8-13-14(9-12)28-19(20,21)27-13/h3-9,15,17H,1-2H3/t15-,17+/m0/s1. The van der Waals surface area contributed by atoms with Crippen LogP contribution in [0.5, 0.6) is 11.5 Å². The summed E-state index contributed by atoms with van der Waals surface area (Å²) in [5.74, 6) is -3.54. The van der Waals surface area contributed by atoms with Crippen LogP contribution in [0.3, 0.4) is 0 Å². The molecule has 2 atom stereocenters.